The van der Waals surface area contributed by atoms with Gasteiger partial charge >= 0.3 is 0 Å². The van der Waals surface area contributed by atoms with Crippen LogP contribution < -0.4 is 5.32 Å². The van der Waals surface area contributed by atoms with Gasteiger partial charge in [0.05, 0.1) is 12.1 Å². The number of aryl methyl sites for hydroxylation is 1. The third-order valence-corrected chi connectivity index (χ3v) is 5.04. The number of nitrogens with zero attached hydrogens (tertiary/aromatic N) is 3. The van der Waals surface area contributed by atoms with Crippen LogP contribution in [-0.4, -0.2) is 46.3 Å². The highest BCUT2D eigenvalue weighted by Crippen LogP contribution is 2.18. The van der Waals surface area contributed by atoms with Crippen LogP contribution in [0.2, 0.25) is 0 Å². The normalized spacial score (nSPS) is 18.8. The van der Waals surface area contributed by atoms with Crippen LogP contribution in [0.25, 0.3) is 0 Å². The van der Waals surface area contributed by atoms with E-state index in [2.05, 4.69) is 49.9 Å². The van der Waals surface area contributed by atoms with Gasteiger partial charge in [0.2, 0.25) is 5.91 Å². The summed E-state index contributed by atoms with van der Waals surface area (Å²) < 4.78 is 2.04. The Morgan fingerprint density at radius 3 is 2.58 bits per heavy atom. The van der Waals surface area contributed by atoms with Gasteiger partial charge in [-0.25, -0.2) is 0 Å². The Hall–Kier alpha value is -1.36. The van der Waals surface area contributed by atoms with Crippen LogP contribution in [0.15, 0.2) is 0 Å². The molecule has 0 spiro atoms. The van der Waals surface area contributed by atoms with Gasteiger partial charge in [-0.2, -0.15) is 5.10 Å². The molecule has 136 valence electrons. The van der Waals surface area contributed by atoms with E-state index in [0.29, 0.717) is 24.3 Å². The maximum atomic E-state index is 12.4. The Morgan fingerprint density at radius 2 is 2.00 bits per heavy atom. The lowest BCUT2D eigenvalue weighted by atomic mass is 10.1. The molecule has 0 saturated carbocycles. The second kappa shape index (κ2) is 8.15. The van der Waals surface area contributed by atoms with Crippen LogP contribution in [0.3, 0.4) is 0 Å². The molecule has 0 aromatic carbocycles. The van der Waals surface area contributed by atoms with E-state index in [1.54, 1.807) is 0 Å². The summed E-state index contributed by atoms with van der Waals surface area (Å²) >= 11 is 0. The molecule has 1 aliphatic rings. The summed E-state index contributed by atoms with van der Waals surface area (Å²) in [6, 6.07) is 0.600. The van der Waals surface area contributed by atoms with Crippen LogP contribution in [-0.2, 0) is 17.8 Å². The van der Waals surface area contributed by atoms with Crippen molar-refractivity contribution in [2.75, 3.05) is 19.6 Å². The first-order chi connectivity index (χ1) is 11.3. The van der Waals surface area contributed by atoms with Crippen molar-refractivity contribution < 1.29 is 4.79 Å². The third kappa shape index (κ3) is 4.82. The minimum absolute atomic E-state index is 0.119. The zero-order valence-electron chi connectivity index (χ0n) is 16.2. The predicted octanol–water partition coefficient (Wildman–Crippen LogP) is 2.54. The molecule has 1 fully saturated rings. The van der Waals surface area contributed by atoms with Gasteiger partial charge in [-0.15, -0.1) is 0 Å². The van der Waals surface area contributed by atoms with E-state index in [0.717, 1.165) is 43.1 Å². The van der Waals surface area contributed by atoms with Crippen molar-refractivity contribution in [2.24, 2.45) is 11.8 Å². The molecule has 1 atom stereocenters. The second-order valence-electron chi connectivity index (χ2n) is 7.95. The maximum absolute atomic E-state index is 12.4. The summed E-state index contributed by atoms with van der Waals surface area (Å²) in [6.45, 7) is 16.9. The molecule has 24 heavy (non-hydrogen) atoms. The number of aromatic nitrogens is 2. The molecule has 0 aliphatic carbocycles. The minimum atomic E-state index is 0.119. The van der Waals surface area contributed by atoms with E-state index in [-0.39, 0.29) is 5.91 Å². The van der Waals surface area contributed by atoms with Crippen LogP contribution in [0.1, 0.15) is 51.1 Å². The highest BCUT2D eigenvalue weighted by atomic mass is 16.1. The lowest BCUT2D eigenvalue weighted by molar-refractivity contribution is -0.120. The molecule has 1 aliphatic heterocycles. The van der Waals surface area contributed by atoms with Crippen molar-refractivity contribution in [1.29, 1.82) is 0 Å². The molecule has 0 unspecified atom stereocenters. The zero-order chi connectivity index (χ0) is 17.9. The lowest BCUT2D eigenvalue weighted by Gasteiger charge is -2.20. The highest BCUT2D eigenvalue weighted by Gasteiger charge is 2.24. The first kappa shape index (κ1) is 19.0. The van der Waals surface area contributed by atoms with Crippen LogP contribution in [0, 0.1) is 25.7 Å². The summed E-state index contributed by atoms with van der Waals surface area (Å²) in [5, 5.41) is 7.73. The molecular formula is C19H34N4O. The molecule has 1 amide bonds. The number of rotatable bonds is 7. The van der Waals surface area contributed by atoms with Gasteiger partial charge in [-0.1, -0.05) is 13.8 Å². The van der Waals surface area contributed by atoms with Gasteiger partial charge in [0.25, 0.3) is 0 Å². The van der Waals surface area contributed by atoms with Crippen molar-refractivity contribution >= 4 is 5.91 Å². The molecule has 2 rings (SSSR count). The Kier molecular flexibility index (Phi) is 6.44. The zero-order valence-corrected chi connectivity index (χ0v) is 16.2. The fourth-order valence-corrected chi connectivity index (χ4v) is 3.49. The topological polar surface area (TPSA) is 50.2 Å². The molecule has 1 N–H and O–H groups in total. The van der Waals surface area contributed by atoms with E-state index >= 15 is 0 Å². The standard InChI is InChI=1S/C19H34N4O/c1-13(2)11-23-16(6)18(15(5)21-23)9-19(24)20-10-17-7-8-22(12-17)14(3)4/h13-14,17H,7-12H2,1-6H3,(H,20,24)/t17-/m1/s1. The molecule has 1 saturated heterocycles. The smallest absolute Gasteiger partial charge is 0.224 e. The van der Waals surface area contributed by atoms with Gasteiger partial charge in [-0.3, -0.25) is 9.48 Å². The van der Waals surface area contributed by atoms with Crippen LogP contribution in [0.5, 0.6) is 0 Å². The van der Waals surface area contributed by atoms with Crippen LogP contribution in [0.4, 0.5) is 0 Å². The van der Waals surface area contributed by atoms with Gasteiger partial charge in [-0.05, 0) is 52.5 Å². The van der Waals surface area contributed by atoms with Crippen LogP contribution >= 0.6 is 0 Å². The number of likely N-dealkylation sites (tertiary alicyclic amines) is 1. The summed E-state index contributed by atoms with van der Waals surface area (Å²) in [6.07, 6.45) is 1.62. The number of hydrogen-bond acceptors (Lipinski definition) is 3. The summed E-state index contributed by atoms with van der Waals surface area (Å²) in [7, 11) is 0. The highest BCUT2D eigenvalue weighted by molar-refractivity contribution is 5.79. The second-order valence-corrected chi connectivity index (χ2v) is 7.95. The van der Waals surface area contributed by atoms with Gasteiger partial charge in [0.15, 0.2) is 0 Å². The third-order valence-electron chi connectivity index (χ3n) is 5.04. The monoisotopic (exact) mass is 334 g/mol. The average molecular weight is 335 g/mol. The number of nitrogens with one attached hydrogen (secondary N) is 1. The Bertz CT molecular complexity index is 562. The number of carbonyl (C=O) groups is 1. The first-order valence-corrected chi connectivity index (χ1v) is 9.31. The fourth-order valence-electron chi connectivity index (χ4n) is 3.49. The van der Waals surface area contributed by atoms with Crippen molar-refractivity contribution in [2.45, 2.75) is 67.0 Å². The van der Waals surface area contributed by atoms with Crippen molar-refractivity contribution in [3.05, 3.63) is 17.0 Å². The molecule has 0 bridgehead atoms. The van der Waals surface area contributed by atoms with E-state index in [4.69, 9.17) is 0 Å². The number of hydrogen-bond donors (Lipinski definition) is 1. The van der Waals surface area contributed by atoms with E-state index < -0.39 is 0 Å². The SMILES string of the molecule is Cc1nn(CC(C)C)c(C)c1CC(=O)NC[C@H]1CCN(C(C)C)C1. The molecule has 0 radical (unpaired) electrons. The molecule has 2 heterocycles. The van der Waals surface area contributed by atoms with E-state index in [9.17, 15) is 4.79 Å². The number of amides is 1. The fraction of sp³-hybridized carbons (Fsp3) is 0.789. The van der Waals surface area contributed by atoms with Crippen molar-refractivity contribution in [3.63, 3.8) is 0 Å². The quantitative estimate of drug-likeness (QED) is 0.834. The Balaban J connectivity index is 1.86. The largest absolute Gasteiger partial charge is 0.355 e. The van der Waals surface area contributed by atoms with Gasteiger partial charge in [0.1, 0.15) is 0 Å². The summed E-state index contributed by atoms with van der Waals surface area (Å²) in [5.41, 5.74) is 3.20. The summed E-state index contributed by atoms with van der Waals surface area (Å²) in [4.78, 5) is 14.8. The molecule has 1 aromatic rings. The van der Waals surface area contributed by atoms with Gasteiger partial charge in [0, 0.05) is 36.9 Å². The first-order valence-electron chi connectivity index (χ1n) is 9.31. The maximum Gasteiger partial charge on any atom is 0.224 e. The van der Waals surface area contributed by atoms with Gasteiger partial charge < -0.3 is 10.2 Å². The molecule has 5 heteroatoms. The van der Waals surface area contributed by atoms with Crippen molar-refractivity contribution in [1.82, 2.24) is 20.0 Å². The lowest BCUT2D eigenvalue weighted by Crippen LogP contribution is -2.33. The predicted molar refractivity (Wildman–Crippen MR) is 98.1 cm³/mol. The van der Waals surface area contributed by atoms with E-state index in [1.807, 2.05) is 11.6 Å². The number of carbonyl (C=O) groups excluding carboxylic acids is 1. The minimum Gasteiger partial charge on any atom is -0.355 e. The molecule has 1 aromatic heterocycles. The Morgan fingerprint density at radius 1 is 1.29 bits per heavy atom. The Labute approximate surface area is 146 Å². The van der Waals surface area contributed by atoms with E-state index in [1.165, 1.54) is 6.42 Å². The molecule has 5 nitrogen and oxygen atoms in total. The molecular weight excluding hydrogens is 300 g/mol. The summed E-state index contributed by atoms with van der Waals surface area (Å²) in [5.74, 6) is 1.26. The average Bonchev–Trinajstić information content (AvgIpc) is 3.06. The van der Waals surface area contributed by atoms with Crippen molar-refractivity contribution in [3.8, 4) is 0 Å².